The number of benzene rings is 1. The van der Waals surface area contributed by atoms with Crippen LogP contribution < -0.4 is 10.6 Å². The molecule has 1 aromatic rings. The van der Waals surface area contributed by atoms with Crippen molar-refractivity contribution >= 4 is 23.1 Å². The summed E-state index contributed by atoms with van der Waals surface area (Å²) in [6.45, 7) is 5.50. The van der Waals surface area contributed by atoms with E-state index in [1.165, 1.54) is 22.8 Å². The molecule has 1 unspecified atom stereocenters. The normalized spacial score (nSPS) is 21.7. The Balaban J connectivity index is 2.30. The number of nitrogens with two attached hydrogens (primary N) is 1. The predicted molar refractivity (Wildman–Crippen MR) is 69.7 cm³/mol. The minimum absolute atomic E-state index is 0.591. The standard InChI is InChI=1S/C12H18N2S/c1-9-3-4-11(13)12(7-9)14-5-6-15-8-10(14)2/h3-4,7,10H,5-6,8,13H2,1-2H3. The molecule has 0 bridgehead atoms. The number of hydrogen-bond acceptors (Lipinski definition) is 3. The van der Waals surface area contributed by atoms with Crippen LogP contribution >= 0.6 is 11.8 Å². The van der Waals surface area contributed by atoms with Crippen LogP contribution in [-0.4, -0.2) is 24.1 Å². The van der Waals surface area contributed by atoms with Crippen LogP contribution in [0.1, 0.15) is 12.5 Å². The van der Waals surface area contributed by atoms with Gasteiger partial charge in [-0.25, -0.2) is 0 Å². The highest BCUT2D eigenvalue weighted by atomic mass is 32.2. The van der Waals surface area contributed by atoms with Crippen LogP contribution in [0.3, 0.4) is 0 Å². The lowest BCUT2D eigenvalue weighted by molar-refractivity contribution is 0.701. The fourth-order valence-corrected chi connectivity index (χ4v) is 3.00. The summed E-state index contributed by atoms with van der Waals surface area (Å²) < 4.78 is 0. The van der Waals surface area contributed by atoms with Crippen LogP contribution in [0.4, 0.5) is 11.4 Å². The fraction of sp³-hybridized carbons (Fsp3) is 0.500. The molecule has 2 nitrogen and oxygen atoms in total. The van der Waals surface area contributed by atoms with Gasteiger partial charge >= 0.3 is 0 Å². The molecule has 3 heteroatoms. The Bertz CT molecular complexity index is 351. The van der Waals surface area contributed by atoms with E-state index in [-0.39, 0.29) is 0 Å². The van der Waals surface area contributed by atoms with Crippen molar-refractivity contribution in [2.75, 3.05) is 28.7 Å². The van der Waals surface area contributed by atoms with Crippen molar-refractivity contribution in [1.29, 1.82) is 0 Å². The van der Waals surface area contributed by atoms with Crippen molar-refractivity contribution in [2.45, 2.75) is 19.9 Å². The molecule has 1 aliphatic heterocycles. The number of anilines is 2. The van der Waals surface area contributed by atoms with Gasteiger partial charge in [-0.05, 0) is 31.5 Å². The Morgan fingerprint density at radius 1 is 1.47 bits per heavy atom. The van der Waals surface area contributed by atoms with E-state index in [0.717, 1.165) is 12.2 Å². The maximum Gasteiger partial charge on any atom is 0.0605 e. The molecule has 1 heterocycles. The topological polar surface area (TPSA) is 29.3 Å². The van der Waals surface area contributed by atoms with Gasteiger partial charge < -0.3 is 10.6 Å². The van der Waals surface area contributed by atoms with E-state index < -0.39 is 0 Å². The van der Waals surface area contributed by atoms with Crippen LogP contribution in [0.15, 0.2) is 18.2 Å². The molecule has 1 aromatic carbocycles. The average molecular weight is 222 g/mol. The summed E-state index contributed by atoms with van der Waals surface area (Å²) >= 11 is 2.03. The molecule has 2 N–H and O–H groups in total. The summed E-state index contributed by atoms with van der Waals surface area (Å²) in [6.07, 6.45) is 0. The number of nitrogens with zero attached hydrogens (tertiary/aromatic N) is 1. The Labute approximate surface area is 95.8 Å². The molecule has 0 aromatic heterocycles. The van der Waals surface area contributed by atoms with E-state index in [1.807, 2.05) is 17.8 Å². The predicted octanol–water partition coefficient (Wildman–Crippen LogP) is 2.52. The zero-order chi connectivity index (χ0) is 10.8. The van der Waals surface area contributed by atoms with Crippen molar-refractivity contribution in [2.24, 2.45) is 0 Å². The van der Waals surface area contributed by atoms with Gasteiger partial charge in [0.25, 0.3) is 0 Å². The first-order valence-corrected chi connectivity index (χ1v) is 6.54. The molecule has 0 saturated carbocycles. The SMILES string of the molecule is Cc1ccc(N)c(N2CCSCC2C)c1. The average Bonchev–Trinajstić information content (AvgIpc) is 2.23. The van der Waals surface area contributed by atoms with Gasteiger partial charge in [0, 0.05) is 24.1 Å². The highest BCUT2D eigenvalue weighted by Crippen LogP contribution is 2.29. The third-order valence-electron chi connectivity index (χ3n) is 2.86. The second-order valence-electron chi connectivity index (χ2n) is 4.18. The molecular formula is C12H18N2S. The van der Waals surface area contributed by atoms with Gasteiger partial charge in [-0.1, -0.05) is 6.07 Å². The first-order chi connectivity index (χ1) is 7.18. The summed E-state index contributed by atoms with van der Waals surface area (Å²) in [7, 11) is 0. The molecule has 1 saturated heterocycles. The van der Waals surface area contributed by atoms with E-state index >= 15 is 0 Å². The van der Waals surface area contributed by atoms with Crippen molar-refractivity contribution in [3.05, 3.63) is 23.8 Å². The van der Waals surface area contributed by atoms with Crippen molar-refractivity contribution < 1.29 is 0 Å². The number of rotatable bonds is 1. The lowest BCUT2D eigenvalue weighted by atomic mass is 10.1. The van der Waals surface area contributed by atoms with Gasteiger partial charge in [0.1, 0.15) is 0 Å². The fourth-order valence-electron chi connectivity index (χ4n) is 1.99. The summed E-state index contributed by atoms with van der Waals surface area (Å²) in [5, 5.41) is 0. The number of aryl methyl sites for hydroxylation is 1. The molecule has 0 amide bonds. The highest BCUT2D eigenvalue weighted by molar-refractivity contribution is 7.99. The van der Waals surface area contributed by atoms with Crippen molar-refractivity contribution in [3.8, 4) is 0 Å². The molecule has 2 rings (SSSR count). The highest BCUT2D eigenvalue weighted by Gasteiger charge is 2.20. The first kappa shape index (κ1) is 10.7. The second-order valence-corrected chi connectivity index (χ2v) is 5.33. The van der Waals surface area contributed by atoms with Gasteiger partial charge in [0.15, 0.2) is 0 Å². The summed E-state index contributed by atoms with van der Waals surface area (Å²) in [6, 6.07) is 6.87. The van der Waals surface area contributed by atoms with Gasteiger partial charge in [-0.3, -0.25) is 0 Å². The van der Waals surface area contributed by atoms with Gasteiger partial charge in [-0.2, -0.15) is 11.8 Å². The smallest absolute Gasteiger partial charge is 0.0605 e. The van der Waals surface area contributed by atoms with Gasteiger partial charge in [0.2, 0.25) is 0 Å². The first-order valence-electron chi connectivity index (χ1n) is 5.39. The van der Waals surface area contributed by atoms with E-state index in [9.17, 15) is 0 Å². The lowest BCUT2D eigenvalue weighted by Crippen LogP contribution is -2.40. The van der Waals surface area contributed by atoms with Gasteiger partial charge in [0.05, 0.1) is 11.4 Å². The van der Waals surface area contributed by atoms with Gasteiger partial charge in [-0.15, -0.1) is 0 Å². The summed E-state index contributed by atoms with van der Waals surface area (Å²) in [5.41, 5.74) is 9.43. The number of nitrogen functional groups attached to an aromatic ring is 1. The third kappa shape index (κ3) is 2.23. The molecule has 1 atom stereocenters. The maximum absolute atomic E-state index is 6.03. The minimum atomic E-state index is 0.591. The molecule has 15 heavy (non-hydrogen) atoms. The van der Waals surface area contributed by atoms with E-state index in [2.05, 4.69) is 30.9 Å². The summed E-state index contributed by atoms with van der Waals surface area (Å²) in [4.78, 5) is 2.43. The molecule has 1 aliphatic rings. The molecule has 0 aliphatic carbocycles. The van der Waals surface area contributed by atoms with E-state index in [1.54, 1.807) is 0 Å². The molecule has 0 spiro atoms. The van der Waals surface area contributed by atoms with Crippen molar-refractivity contribution in [3.63, 3.8) is 0 Å². The van der Waals surface area contributed by atoms with Crippen LogP contribution in [0.25, 0.3) is 0 Å². The molecular weight excluding hydrogens is 204 g/mol. The Morgan fingerprint density at radius 3 is 3.00 bits per heavy atom. The maximum atomic E-state index is 6.03. The van der Waals surface area contributed by atoms with Crippen LogP contribution in [0.2, 0.25) is 0 Å². The molecule has 0 radical (unpaired) electrons. The zero-order valence-electron chi connectivity index (χ0n) is 9.36. The Morgan fingerprint density at radius 2 is 2.27 bits per heavy atom. The number of thioether (sulfide) groups is 1. The largest absolute Gasteiger partial charge is 0.397 e. The van der Waals surface area contributed by atoms with Crippen molar-refractivity contribution in [1.82, 2.24) is 0 Å². The molecule has 1 fully saturated rings. The molecule has 82 valence electrons. The van der Waals surface area contributed by atoms with E-state index in [0.29, 0.717) is 6.04 Å². The quantitative estimate of drug-likeness (QED) is 0.740. The third-order valence-corrected chi connectivity index (χ3v) is 4.05. The van der Waals surface area contributed by atoms with E-state index in [4.69, 9.17) is 5.73 Å². The summed E-state index contributed by atoms with van der Waals surface area (Å²) in [5.74, 6) is 2.41. The lowest BCUT2D eigenvalue weighted by Gasteiger charge is -2.36. The van der Waals surface area contributed by atoms with Crippen LogP contribution in [-0.2, 0) is 0 Å². The van der Waals surface area contributed by atoms with Crippen LogP contribution in [0.5, 0.6) is 0 Å². The monoisotopic (exact) mass is 222 g/mol. The number of hydrogen-bond donors (Lipinski definition) is 1. The second kappa shape index (κ2) is 4.35. The minimum Gasteiger partial charge on any atom is -0.397 e. The Kier molecular flexibility index (Phi) is 3.10. The zero-order valence-corrected chi connectivity index (χ0v) is 10.2. The van der Waals surface area contributed by atoms with Crippen LogP contribution in [0, 0.1) is 6.92 Å². The Hall–Kier alpha value is -0.830.